The molecular weight excluding hydrogens is 566 g/mol. The van der Waals surface area contributed by atoms with Crippen LogP contribution in [0.1, 0.15) is 47.2 Å². The number of rotatable bonds is 5. The number of fused-ring (bicyclic) bond motifs is 4. The molecule has 1 aromatic heterocycles. The summed E-state index contributed by atoms with van der Waals surface area (Å²) in [4.78, 5) is 42.7. The van der Waals surface area contributed by atoms with Crippen LogP contribution in [0.4, 0.5) is 11.5 Å². The van der Waals surface area contributed by atoms with Crippen molar-refractivity contribution in [2.24, 2.45) is 0 Å². The van der Waals surface area contributed by atoms with Gasteiger partial charge in [-0.15, -0.1) is 0 Å². The summed E-state index contributed by atoms with van der Waals surface area (Å²) in [7, 11) is 2.12. The van der Waals surface area contributed by atoms with Crippen molar-refractivity contribution in [1.82, 2.24) is 19.8 Å². The first-order valence-electron chi connectivity index (χ1n) is 15.7. The largest absolute Gasteiger partial charge is 0.424 e. The Labute approximate surface area is 263 Å². The first-order chi connectivity index (χ1) is 21.9. The second-order valence-electron chi connectivity index (χ2n) is 12.6. The van der Waals surface area contributed by atoms with Gasteiger partial charge in [-0.1, -0.05) is 43.0 Å². The molecule has 1 aliphatic carbocycles. The Morgan fingerprint density at radius 3 is 2.84 bits per heavy atom. The number of likely N-dealkylation sites (N-methyl/N-ethyl adjacent to an activating group) is 1. The van der Waals surface area contributed by atoms with E-state index in [1.165, 1.54) is 17.2 Å². The summed E-state index contributed by atoms with van der Waals surface area (Å²) in [5.74, 6) is 1.05. The second-order valence-corrected chi connectivity index (χ2v) is 12.6. The molecular formula is C35H37N7O3. The van der Waals surface area contributed by atoms with Gasteiger partial charge in [-0.3, -0.25) is 9.59 Å². The van der Waals surface area contributed by atoms with E-state index in [9.17, 15) is 14.9 Å². The van der Waals surface area contributed by atoms with Crippen LogP contribution in [0.2, 0.25) is 0 Å². The fourth-order valence-electron chi connectivity index (χ4n) is 7.59. The molecule has 45 heavy (non-hydrogen) atoms. The normalized spacial score (nSPS) is 22.5. The monoisotopic (exact) mass is 603 g/mol. The predicted molar refractivity (Wildman–Crippen MR) is 170 cm³/mol. The van der Waals surface area contributed by atoms with E-state index in [0.717, 1.165) is 61.3 Å². The Morgan fingerprint density at radius 1 is 1.16 bits per heavy atom. The maximum absolute atomic E-state index is 14.1. The molecule has 0 radical (unpaired) electrons. The minimum Gasteiger partial charge on any atom is -0.424 e. The van der Waals surface area contributed by atoms with Crippen molar-refractivity contribution >= 4 is 23.3 Å². The van der Waals surface area contributed by atoms with Gasteiger partial charge < -0.3 is 24.8 Å². The molecule has 3 aliphatic heterocycles. The van der Waals surface area contributed by atoms with Gasteiger partial charge in [-0.25, -0.2) is 0 Å². The van der Waals surface area contributed by atoms with Crippen molar-refractivity contribution in [1.29, 1.82) is 5.26 Å². The Kier molecular flexibility index (Phi) is 7.50. The van der Waals surface area contributed by atoms with Crippen molar-refractivity contribution in [2.75, 3.05) is 43.4 Å². The summed E-state index contributed by atoms with van der Waals surface area (Å²) < 4.78 is 6.52. The number of carbonyl (C=O) groups is 2. The average Bonchev–Trinajstić information content (AvgIpc) is 3.05. The lowest BCUT2D eigenvalue weighted by molar-refractivity contribution is -0.128. The first kappa shape index (κ1) is 29.0. The number of anilines is 2. The maximum atomic E-state index is 14.1. The fourth-order valence-corrected chi connectivity index (χ4v) is 7.59. The number of carbonyl (C=O) groups excluding carboxylic acids is 2. The number of benzene rings is 2. The van der Waals surface area contributed by atoms with E-state index in [4.69, 9.17) is 14.7 Å². The van der Waals surface area contributed by atoms with Gasteiger partial charge in [0.05, 0.1) is 29.6 Å². The van der Waals surface area contributed by atoms with E-state index in [-0.39, 0.29) is 30.3 Å². The number of amides is 2. The molecule has 230 valence electrons. The van der Waals surface area contributed by atoms with Gasteiger partial charge in [0.25, 0.3) is 0 Å². The van der Waals surface area contributed by atoms with Crippen LogP contribution in [0.3, 0.4) is 0 Å². The van der Waals surface area contributed by atoms with Crippen LogP contribution < -0.4 is 15.0 Å². The minimum absolute atomic E-state index is 0.0454. The number of nitrogens with one attached hydrogen (secondary N) is 1. The molecule has 2 atom stereocenters. The van der Waals surface area contributed by atoms with Gasteiger partial charge in [0, 0.05) is 44.7 Å². The molecule has 4 heterocycles. The smallest absolute Gasteiger partial charge is 0.324 e. The molecule has 0 saturated carbocycles. The molecule has 1 N–H and O–H groups in total. The molecule has 1 saturated heterocycles. The summed E-state index contributed by atoms with van der Waals surface area (Å²) in [6.07, 6.45) is 5.36. The van der Waals surface area contributed by atoms with Gasteiger partial charge in [0.15, 0.2) is 5.82 Å². The van der Waals surface area contributed by atoms with Crippen molar-refractivity contribution < 1.29 is 14.3 Å². The molecule has 0 bridgehead atoms. The van der Waals surface area contributed by atoms with E-state index in [2.05, 4.69) is 48.1 Å². The highest BCUT2D eigenvalue weighted by molar-refractivity contribution is 6.04. The molecule has 7 rings (SSSR count). The van der Waals surface area contributed by atoms with E-state index in [1.807, 2.05) is 29.2 Å². The zero-order valence-corrected chi connectivity index (χ0v) is 25.6. The van der Waals surface area contributed by atoms with Crippen molar-refractivity contribution in [3.63, 3.8) is 0 Å². The molecule has 3 aromatic rings. The van der Waals surface area contributed by atoms with Crippen molar-refractivity contribution in [2.45, 2.75) is 56.5 Å². The van der Waals surface area contributed by atoms with Crippen LogP contribution in [0.15, 0.2) is 55.1 Å². The number of aryl methyl sites for hydroxylation is 1. The van der Waals surface area contributed by atoms with E-state index in [0.29, 0.717) is 37.6 Å². The van der Waals surface area contributed by atoms with Gasteiger partial charge in [-0.05, 0) is 61.6 Å². The summed E-state index contributed by atoms with van der Waals surface area (Å²) in [5, 5.41) is 12.8. The lowest BCUT2D eigenvalue weighted by atomic mass is 9.65. The van der Waals surface area contributed by atoms with Crippen LogP contribution in [0, 0.1) is 11.3 Å². The maximum Gasteiger partial charge on any atom is 0.324 e. The zero-order valence-electron chi connectivity index (χ0n) is 25.6. The quantitative estimate of drug-likeness (QED) is 0.433. The van der Waals surface area contributed by atoms with Crippen LogP contribution >= 0.6 is 0 Å². The predicted octanol–water partition coefficient (Wildman–Crippen LogP) is 4.14. The third kappa shape index (κ3) is 5.11. The highest BCUT2D eigenvalue weighted by Gasteiger charge is 2.48. The second kappa shape index (κ2) is 11.6. The number of hydrogen-bond donors (Lipinski definition) is 1. The molecule has 4 aliphatic rings. The number of ether oxygens (including phenoxy) is 1. The summed E-state index contributed by atoms with van der Waals surface area (Å²) in [6, 6.07) is 16.4. The molecule has 10 heteroatoms. The standard InChI is InChI=1S/C35H37N7O3/c1-3-30(43)42-19-18-41(22-25(42)13-16-36)32-31-28(20-35(33(44)38-31)15-7-10-23-8-4-5-11-27(23)35)37-34(39-32)45-29-12-6-9-24-21-40(2)17-14-26(24)29/h3-6,8-9,11-12,25H,1,7,10,13-15,17-22H2,2H3,(H,38,44). The number of piperazine rings is 1. The molecule has 2 unspecified atom stereocenters. The van der Waals surface area contributed by atoms with Crippen LogP contribution in [-0.4, -0.2) is 70.9 Å². The Bertz CT molecular complexity index is 1730. The fraction of sp³-hybridized carbons (Fsp3) is 0.400. The third-order valence-corrected chi connectivity index (χ3v) is 9.85. The molecule has 1 fully saturated rings. The van der Waals surface area contributed by atoms with E-state index < -0.39 is 5.41 Å². The molecule has 2 amide bonds. The number of nitriles is 1. The summed E-state index contributed by atoms with van der Waals surface area (Å²) >= 11 is 0. The van der Waals surface area contributed by atoms with Gasteiger partial charge in [-0.2, -0.15) is 15.2 Å². The average molecular weight is 604 g/mol. The lowest BCUT2D eigenvalue weighted by Crippen LogP contribution is -2.55. The van der Waals surface area contributed by atoms with Gasteiger partial charge in [0.1, 0.15) is 11.4 Å². The Morgan fingerprint density at radius 2 is 2.00 bits per heavy atom. The lowest BCUT2D eigenvalue weighted by Gasteiger charge is -2.44. The van der Waals surface area contributed by atoms with Crippen molar-refractivity contribution in [3.05, 3.63) is 83.1 Å². The molecule has 1 spiro atoms. The van der Waals surface area contributed by atoms with Crippen LogP contribution in [0.5, 0.6) is 11.8 Å². The third-order valence-electron chi connectivity index (χ3n) is 9.85. The van der Waals surface area contributed by atoms with Crippen LogP contribution in [0.25, 0.3) is 0 Å². The Hall–Kier alpha value is -4.75. The highest BCUT2D eigenvalue weighted by atomic mass is 16.5. The first-order valence-corrected chi connectivity index (χ1v) is 15.7. The molecule has 2 aromatic carbocycles. The zero-order chi connectivity index (χ0) is 31.1. The topological polar surface area (TPSA) is 115 Å². The van der Waals surface area contributed by atoms with Gasteiger partial charge >= 0.3 is 6.01 Å². The van der Waals surface area contributed by atoms with Gasteiger partial charge in [0.2, 0.25) is 11.8 Å². The molecule has 10 nitrogen and oxygen atoms in total. The SMILES string of the molecule is C=CC(=O)N1CCN(c2nc(Oc3cccc4c3CCN(C)C4)nc3c2NC(=O)C2(CCCc4ccccc42)C3)CC1CC#N. The summed E-state index contributed by atoms with van der Waals surface area (Å²) in [6.45, 7) is 6.69. The van der Waals surface area contributed by atoms with Crippen molar-refractivity contribution in [3.8, 4) is 17.8 Å². The number of aromatic nitrogens is 2. The summed E-state index contributed by atoms with van der Waals surface area (Å²) in [5.41, 5.74) is 5.25. The minimum atomic E-state index is -0.723. The van der Waals surface area contributed by atoms with E-state index >= 15 is 0 Å². The van der Waals surface area contributed by atoms with E-state index in [1.54, 1.807) is 4.90 Å². The highest BCUT2D eigenvalue weighted by Crippen LogP contribution is 2.47. The van der Waals surface area contributed by atoms with Crippen LogP contribution in [-0.2, 0) is 40.8 Å². The number of hydrogen-bond acceptors (Lipinski definition) is 8. The Balaban J connectivity index is 1.31. The number of nitrogens with zero attached hydrogens (tertiary/aromatic N) is 6.